The van der Waals surface area contributed by atoms with E-state index in [0.717, 1.165) is 5.70 Å². The summed E-state index contributed by atoms with van der Waals surface area (Å²) in [5.74, 6) is 0. The van der Waals surface area contributed by atoms with Gasteiger partial charge in [0.1, 0.15) is 6.26 Å². The van der Waals surface area contributed by atoms with Crippen molar-refractivity contribution in [3.63, 3.8) is 0 Å². The molecule has 0 fully saturated rings. The molecule has 0 saturated carbocycles. The van der Waals surface area contributed by atoms with E-state index >= 15 is 0 Å². The molecule has 1 N–H and O–H groups in total. The molecule has 52 valence electrons. The largest absolute Gasteiger partial charge is 0.503 e. The van der Waals surface area contributed by atoms with Gasteiger partial charge >= 0.3 is 0 Å². The Labute approximate surface area is 55.4 Å². The van der Waals surface area contributed by atoms with Gasteiger partial charge in [0.25, 0.3) is 0 Å². The van der Waals surface area contributed by atoms with Crippen LogP contribution in [-0.4, -0.2) is 20.5 Å². The van der Waals surface area contributed by atoms with Crippen molar-refractivity contribution in [2.45, 2.75) is 6.92 Å². The van der Waals surface area contributed by atoms with Crippen LogP contribution >= 0.6 is 0 Å². The number of nitrogens with one attached hydrogen (secondary N) is 1. The van der Waals surface area contributed by atoms with Crippen molar-refractivity contribution in [3.8, 4) is 0 Å². The summed E-state index contributed by atoms with van der Waals surface area (Å²) in [7, 11) is 3.31. The fraction of sp³-hybridized carbons (Fsp3) is 0.500. The van der Waals surface area contributed by atoms with Gasteiger partial charge in [-0.15, -0.1) is 0 Å². The van der Waals surface area contributed by atoms with E-state index in [1.807, 2.05) is 6.92 Å². The predicted molar refractivity (Wildman–Crippen MR) is 38.3 cm³/mol. The lowest BCUT2D eigenvalue weighted by Gasteiger charge is -1.96. The highest BCUT2D eigenvalue weighted by atomic mass is 16.5. The number of aliphatic imine (C=N–C) groups is 1. The van der Waals surface area contributed by atoms with Gasteiger partial charge < -0.3 is 10.1 Å². The molecule has 3 nitrogen and oxygen atoms in total. The first kappa shape index (κ1) is 8.01. The van der Waals surface area contributed by atoms with E-state index in [2.05, 4.69) is 10.3 Å². The molecule has 0 saturated heterocycles. The van der Waals surface area contributed by atoms with Crippen molar-refractivity contribution >= 4 is 6.34 Å². The van der Waals surface area contributed by atoms with Gasteiger partial charge in [-0.1, -0.05) is 0 Å². The lowest BCUT2D eigenvalue weighted by atomic mass is 10.6. The second kappa shape index (κ2) is 5.15. The lowest BCUT2D eigenvalue weighted by Crippen LogP contribution is -2.07. The van der Waals surface area contributed by atoms with Crippen molar-refractivity contribution < 1.29 is 4.74 Å². The van der Waals surface area contributed by atoms with Crippen LogP contribution < -0.4 is 5.32 Å². The molecular formula is C6H12N2O. The van der Waals surface area contributed by atoms with Crippen LogP contribution in [0.25, 0.3) is 0 Å². The van der Waals surface area contributed by atoms with E-state index in [0.29, 0.717) is 0 Å². The molecule has 0 atom stereocenters. The lowest BCUT2D eigenvalue weighted by molar-refractivity contribution is 0.332. The van der Waals surface area contributed by atoms with E-state index in [4.69, 9.17) is 4.74 Å². The van der Waals surface area contributed by atoms with Crippen molar-refractivity contribution in [1.29, 1.82) is 0 Å². The second-order valence-electron chi connectivity index (χ2n) is 1.57. The van der Waals surface area contributed by atoms with Gasteiger partial charge in [0.15, 0.2) is 0 Å². The van der Waals surface area contributed by atoms with Crippen LogP contribution in [-0.2, 0) is 4.74 Å². The van der Waals surface area contributed by atoms with E-state index in [1.165, 1.54) is 0 Å². The third kappa shape index (κ3) is 4.87. The minimum absolute atomic E-state index is 0.933. The zero-order valence-corrected chi connectivity index (χ0v) is 6.01. The van der Waals surface area contributed by atoms with Crippen LogP contribution in [0.1, 0.15) is 6.92 Å². The molecule has 3 heteroatoms. The van der Waals surface area contributed by atoms with Gasteiger partial charge in [-0.2, -0.15) is 0 Å². The second-order valence-corrected chi connectivity index (χ2v) is 1.57. The Hall–Kier alpha value is -0.990. The Balaban J connectivity index is 3.49. The zero-order valence-electron chi connectivity index (χ0n) is 6.01. The molecule has 0 rings (SSSR count). The van der Waals surface area contributed by atoms with Crippen LogP contribution in [0, 0.1) is 0 Å². The van der Waals surface area contributed by atoms with Crippen molar-refractivity contribution in [3.05, 3.63) is 12.0 Å². The molecule has 0 unspecified atom stereocenters. The van der Waals surface area contributed by atoms with Gasteiger partial charge in [0.05, 0.1) is 13.4 Å². The first-order chi connectivity index (χ1) is 4.31. The monoisotopic (exact) mass is 128 g/mol. The molecule has 9 heavy (non-hydrogen) atoms. The number of methoxy groups -OCH3 is 1. The minimum Gasteiger partial charge on any atom is -0.503 e. The first-order valence-corrected chi connectivity index (χ1v) is 2.68. The van der Waals surface area contributed by atoms with Crippen LogP contribution in [0.2, 0.25) is 0 Å². The minimum atomic E-state index is 0.933. The highest BCUT2D eigenvalue weighted by Crippen LogP contribution is 1.82. The molecule has 0 radical (unpaired) electrons. The average Bonchev–Trinajstić information content (AvgIpc) is 1.85. The molecule has 0 aromatic heterocycles. The SMILES string of the molecule is CN=CN/C(C)=C\OC. The highest BCUT2D eigenvalue weighted by Gasteiger charge is 1.78. The number of nitrogens with zero attached hydrogens (tertiary/aromatic N) is 1. The van der Waals surface area contributed by atoms with Gasteiger partial charge in [0, 0.05) is 12.7 Å². The topological polar surface area (TPSA) is 33.6 Å². The Kier molecular flexibility index (Phi) is 4.59. The molecular weight excluding hydrogens is 116 g/mol. The van der Waals surface area contributed by atoms with Gasteiger partial charge in [0.2, 0.25) is 0 Å². The fourth-order valence-corrected chi connectivity index (χ4v) is 0.377. The summed E-state index contributed by atoms with van der Waals surface area (Å²) >= 11 is 0. The maximum Gasteiger partial charge on any atom is 0.101 e. The van der Waals surface area contributed by atoms with Crippen LogP contribution in [0.5, 0.6) is 0 Å². The Morgan fingerprint density at radius 1 is 1.67 bits per heavy atom. The number of rotatable bonds is 3. The summed E-state index contributed by atoms with van der Waals surface area (Å²) in [6, 6.07) is 0. The van der Waals surface area contributed by atoms with Gasteiger partial charge in [-0.05, 0) is 6.92 Å². The number of allylic oxidation sites excluding steroid dienone is 1. The normalized spacial score (nSPS) is 12.1. The summed E-state index contributed by atoms with van der Waals surface area (Å²) < 4.78 is 4.71. The fourth-order valence-electron chi connectivity index (χ4n) is 0.377. The summed E-state index contributed by atoms with van der Waals surface area (Å²) in [6.45, 7) is 1.89. The molecule has 0 amide bonds. The Morgan fingerprint density at radius 2 is 2.33 bits per heavy atom. The standard InChI is InChI=1S/C6H12N2O/c1-6(4-9-3)8-5-7-2/h4-5H,1-3H3,(H,7,8)/b6-4-. The van der Waals surface area contributed by atoms with E-state index in [9.17, 15) is 0 Å². The molecule has 0 aliphatic heterocycles. The molecule has 0 aliphatic carbocycles. The molecule has 0 aliphatic rings. The third-order valence-corrected chi connectivity index (χ3v) is 0.716. The number of hydrogen-bond donors (Lipinski definition) is 1. The van der Waals surface area contributed by atoms with Crippen LogP contribution in [0.3, 0.4) is 0 Å². The summed E-state index contributed by atoms with van der Waals surface area (Å²) in [4.78, 5) is 3.73. The maximum atomic E-state index is 4.71. The predicted octanol–water partition coefficient (Wildman–Crippen LogP) is 0.742. The first-order valence-electron chi connectivity index (χ1n) is 2.68. The van der Waals surface area contributed by atoms with Crippen molar-refractivity contribution in [2.24, 2.45) is 4.99 Å². The smallest absolute Gasteiger partial charge is 0.101 e. The van der Waals surface area contributed by atoms with E-state index in [-0.39, 0.29) is 0 Å². The van der Waals surface area contributed by atoms with Crippen LogP contribution in [0.4, 0.5) is 0 Å². The molecule has 0 heterocycles. The highest BCUT2D eigenvalue weighted by molar-refractivity contribution is 5.56. The Morgan fingerprint density at radius 3 is 2.78 bits per heavy atom. The summed E-state index contributed by atoms with van der Waals surface area (Å²) in [5, 5.41) is 2.88. The van der Waals surface area contributed by atoms with Crippen LogP contribution in [0.15, 0.2) is 17.0 Å². The summed E-state index contributed by atoms with van der Waals surface area (Å²) in [5.41, 5.74) is 0.933. The quantitative estimate of drug-likeness (QED) is 0.345. The summed E-state index contributed by atoms with van der Waals surface area (Å²) in [6.07, 6.45) is 3.21. The van der Waals surface area contributed by atoms with Crippen molar-refractivity contribution in [1.82, 2.24) is 5.32 Å². The average molecular weight is 128 g/mol. The maximum absolute atomic E-state index is 4.71. The van der Waals surface area contributed by atoms with Crippen molar-refractivity contribution in [2.75, 3.05) is 14.2 Å². The molecule has 0 aromatic carbocycles. The number of hydrogen-bond acceptors (Lipinski definition) is 2. The molecule has 0 bridgehead atoms. The number of ether oxygens (including phenoxy) is 1. The van der Waals surface area contributed by atoms with Gasteiger partial charge in [-0.3, -0.25) is 4.99 Å². The van der Waals surface area contributed by atoms with E-state index in [1.54, 1.807) is 26.8 Å². The third-order valence-electron chi connectivity index (χ3n) is 0.716. The Bertz CT molecular complexity index is 118. The zero-order chi connectivity index (χ0) is 7.11. The van der Waals surface area contributed by atoms with E-state index < -0.39 is 0 Å². The molecule has 0 spiro atoms. The van der Waals surface area contributed by atoms with Gasteiger partial charge in [-0.25, -0.2) is 0 Å². The molecule has 0 aromatic rings.